The molecular weight excluding hydrogens is 394 g/mol. The summed E-state index contributed by atoms with van der Waals surface area (Å²) >= 11 is 0. The number of hydrogen-bond donors (Lipinski definition) is 1. The van der Waals surface area contributed by atoms with E-state index in [1.165, 1.54) is 5.56 Å². The number of nitrogens with one attached hydrogen (secondary N) is 1. The minimum Gasteiger partial charge on any atom is -0.375 e. The fraction of sp³-hybridized carbons (Fsp3) is 0.320. The Morgan fingerprint density at radius 3 is 2.65 bits per heavy atom. The second-order valence-corrected chi connectivity index (χ2v) is 8.13. The first-order valence-corrected chi connectivity index (χ1v) is 10.5. The summed E-state index contributed by atoms with van der Waals surface area (Å²) < 4.78 is 30.5. The molecule has 0 saturated carbocycles. The third-order valence-electron chi connectivity index (χ3n) is 6.09. The summed E-state index contributed by atoms with van der Waals surface area (Å²) in [5.41, 5.74) is 6.02. The van der Waals surface area contributed by atoms with Crippen LogP contribution in [0.5, 0.6) is 0 Å². The minimum atomic E-state index is -2.59. The molecule has 1 N–H and O–H groups in total. The summed E-state index contributed by atoms with van der Waals surface area (Å²) in [6.45, 7) is 7.63. The maximum Gasteiger partial charge on any atom is 0.265 e. The van der Waals surface area contributed by atoms with Crippen LogP contribution in [0.4, 0.5) is 8.78 Å². The SMILES string of the molecule is C=C(NC)N1CCCc2ccc(-c3c(C)ccc(-c4cnn(C)c4)c3C(F)F)cc2C1. The van der Waals surface area contributed by atoms with Gasteiger partial charge >= 0.3 is 0 Å². The molecule has 2 aromatic carbocycles. The largest absolute Gasteiger partial charge is 0.375 e. The molecule has 1 aliphatic heterocycles. The summed E-state index contributed by atoms with van der Waals surface area (Å²) in [7, 11) is 3.66. The maximum atomic E-state index is 14.4. The van der Waals surface area contributed by atoms with E-state index in [4.69, 9.17) is 0 Å². The molecule has 6 heteroatoms. The number of benzene rings is 2. The van der Waals surface area contributed by atoms with Crippen LogP contribution in [0.2, 0.25) is 0 Å². The Bertz CT molecular complexity index is 1120. The van der Waals surface area contributed by atoms with Gasteiger partial charge in [-0.05, 0) is 59.2 Å². The Hall–Kier alpha value is -3.15. The minimum absolute atomic E-state index is 0.0677. The van der Waals surface area contributed by atoms with Gasteiger partial charge in [0.2, 0.25) is 0 Å². The Morgan fingerprint density at radius 1 is 1.16 bits per heavy atom. The molecule has 1 aromatic heterocycles. The quantitative estimate of drug-likeness (QED) is 0.594. The lowest BCUT2D eigenvalue weighted by atomic mass is 9.88. The van der Waals surface area contributed by atoms with Crippen LogP contribution in [0.25, 0.3) is 22.3 Å². The van der Waals surface area contributed by atoms with Crippen molar-refractivity contribution in [2.75, 3.05) is 13.6 Å². The lowest BCUT2D eigenvalue weighted by Crippen LogP contribution is -2.28. The molecule has 4 nitrogen and oxygen atoms in total. The second kappa shape index (κ2) is 8.53. The molecule has 4 rings (SSSR count). The standard InChI is InChI=1S/C25H28F2N4/c1-16-7-10-22(21-13-29-30(4)14-21)24(25(26)27)23(16)19-9-8-18-6-5-11-31(17(2)28-3)15-20(18)12-19/h7-10,12-14,25,28H,2,5-6,11,15H2,1,3-4H3. The zero-order chi connectivity index (χ0) is 22.1. The van der Waals surface area contributed by atoms with Crippen molar-refractivity contribution in [1.82, 2.24) is 20.0 Å². The molecule has 3 aromatic rings. The number of rotatable bonds is 5. The van der Waals surface area contributed by atoms with E-state index in [1.807, 2.05) is 26.1 Å². The third kappa shape index (κ3) is 4.07. The highest BCUT2D eigenvalue weighted by Gasteiger charge is 2.24. The first kappa shape index (κ1) is 21.1. The molecule has 0 spiro atoms. The van der Waals surface area contributed by atoms with Crippen molar-refractivity contribution in [3.8, 4) is 22.3 Å². The first-order chi connectivity index (χ1) is 14.9. The van der Waals surface area contributed by atoms with E-state index in [0.29, 0.717) is 23.2 Å². The molecule has 0 unspecified atom stereocenters. The van der Waals surface area contributed by atoms with Gasteiger partial charge in [-0.3, -0.25) is 4.68 Å². The first-order valence-electron chi connectivity index (χ1n) is 10.5. The Balaban J connectivity index is 1.85. The second-order valence-electron chi connectivity index (χ2n) is 8.13. The number of aromatic nitrogens is 2. The average Bonchev–Trinajstić information content (AvgIpc) is 3.07. The van der Waals surface area contributed by atoms with Crippen molar-refractivity contribution in [3.63, 3.8) is 0 Å². The molecule has 2 heterocycles. The van der Waals surface area contributed by atoms with Crippen LogP contribution >= 0.6 is 0 Å². The smallest absolute Gasteiger partial charge is 0.265 e. The van der Waals surface area contributed by atoms with Crippen LogP contribution in [0.15, 0.2) is 55.1 Å². The van der Waals surface area contributed by atoms with Gasteiger partial charge in [-0.1, -0.05) is 30.8 Å². The molecule has 1 aliphatic rings. The van der Waals surface area contributed by atoms with Crippen LogP contribution in [0, 0.1) is 6.92 Å². The number of aryl methyl sites for hydroxylation is 3. The number of halogens is 2. The van der Waals surface area contributed by atoms with E-state index in [2.05, 4.69) is 34.0 Å². The van der Waals surface area contributed by atoms with Gasteiger partial charge in [0.25, 0.3) is 6.43 Å². The van der Waals surface area contributed by atoms with E-state index in [0.717, 1.165) is 41.9 Å². The molecule has 31 heavy (non-hydrogen) atoms. The van der Waals surface area contributed by atoms with Gasteiger partial charge in [-0.25, -0.2) is 8.78 Å². The molecule has 0 atom stereocenters. The summed E-state index contributed by atoms with van der Waals surface area (Å²) in [5, 5.41) is 7.30. The van der Waals surface area contributed by atoms with Gasteiger partial charge in [0, 0.05) is 44.5 Å². The van der Waals surface area contributed by atoms with Crippen molar-refractivity contribution in [1.29, 1.82) is 0 Å². The van der Waals surface area contributed by atoms with Crippen molar-refractivity contribution in [2.24, 2.45) is 7.05 Å². The van der Waals surface area contributed by atoms with E-state index in [-0.39, 0.29) is 5.56 Å². The van der Waals surface area contributed by atoms with Crippen molar-refractivity contribution in [2.45, 2.75) is 32.7 Å². The van der Waals surface area contributed by atoms with E-state index >= 15 is 0 Å². The number of alkyl halides is 2. The zero-order valence-electron chi connectivity index (χ0n) is 18.3. The third-order valence-corrected chi connectivity index (χ3v) is 6.09. The number of fused-ring (bicyclic) bond motifs is 1. The summed E-state index contributed by atoms with van der Waals surface area (Å²) in [6.07, 6.45) is 2.83. The Kier molecular flexibility index (Phi) is 5.81. The van der Waals surface area contributed by atoms with Crippen LogP contribution < -0.4 is 5.32 Å². The van der Waals surface area contributed by atoms with E-state index in [1.54, 1.807) is 30.2 Å². The fourth-order valence-electron chi connectivity index (χ4n) is 4.46. The van der Waals surface area contributed by atoms with Gasteiger partial charge in [0.15, 0.2) is 0 Å². The molecule has 0 aliphatic carbocycles. The van der Waals surface area contributed by atoms with Crippen molar-refractivity contribution < 1.29 is 8.78 Å². The highest BCUT2D eigenvalue weighted by Crippen LogP contribution is 2.41. The number of nitrogens with zero attached hydrogens (tertiary/aromatic N) is 3. The Labute approximate surface area is 182 Å². The number of hydrogen-bond acceptors (Lipinski definition) is 3. The maximum absolute atomic E-state index is 14.4. The van der Waals surface area contributed by atoms with Crippen molar-refractivity contribution in [3.05, 3.63) is 77.4 Å². The lowest BCUT2D eigenvalue weighted by molar-refractivity contribution is 0.152. The molecule has 0 bridgehead atoms. The van der Waals surface area contributed by atoms with Crippen molar-refractivity contribution >= 4 is 0 Å². The average molecular weight is 423 g/mol. The summed E-state index contributed by atoms with van der Waals surface area (Å²) in [6, 6.07) is 9.87. The highest BCUT2D eigenvalue weighted by atomic mass is 19.3. The Morgan fingerprint density at radius 2 is 1.97 bits per heavy atom. The van der Waals surface area contributed by atoms with Gasteiger partial charge < -0.3 is 10.2 Å². The van der Waals surface area contributed by atoms with E-state index < -0.39 is 6.43 Å². The van der Waals surface area contributed by atoms with Gasteiger partial charge in [-0.2, -0.15) is 5.10 Å². The van der Waals surface area contributed by atoms with Gasteiger partial charge in [-0.15, -0.1) is 0 Å². The van der Waals surface area contributed by atoms with Gasteiger partial charge in [0.05, 0.1) is 12.0 Å². The summed E-state index contributed by atoms with van der Waals surface area (Å²) in [4.78, 5) is 2.21. The zero-order valence-corrected chi connectivity index (χ0v) is 18.3. The predicted molar refractivity (Wildman–Crippen MR) is 121 cm³/mol. The van der Waals surface area contributed by atoms with Gasteiger partial charge in [0.1, 0.15) is 0 Å². The molecule has 0 saturated heterocycles. The lowest BCUT2D eigenvalue weighted by Gasteiger charge is -2.25. The molecule has 162 valence electrons. The molecular formula is C25H28F2N4. The predicted octanol–water partition coefficient (Wildman–Crippen LogP) is 5.44. The van der Waals surface area contributed by atoms with Crippen LogP contribution in [-0.4, -0.2) is 28.3 Å². The topological polar surface area (TPSA) is 33.1 Å². The molecule has 0 fully saturated rings. The monoisotopic (exact) mass is 422 g/mol. The van der Waals surface area contributed by atoms with E-state index in [9.17, 15) is 8.78 Å². The summed E-state index contributed by atoms with van der Waals surface area (Å²) in [5.74, 6) is 0.876. The van der Waals surface area contributed by atoms with Crippen LogP contribution in [0.1, 0.15) is 35.1 Å². The fourth-order valence-corrected chi connectivity index (χ4v) is 4.46. The molecule has 0 amide bonds. The van der Waals surface area contributed by atoms with Crippen LogP contribution in [-0.2, 0) is 20.0 Å². The van der Waals surface area contributed by atoms with Crippen LogP contribution in [0.3, 0.4) is 0 Å². The highest BCUT2D eigenvalue weighted by molar-refractivity contribution is 5.81. The normalized spacial score (nSPS) is 13.8. The molecule has 0 radical (unpaired) electrons.